The lowest BCUT2D eigenvalue weighted by atomic mass is 9.84. The molecule has 1 amide bonds. The van der Waals surface area contributed by atoms with Gasteiger partial charge in [-0.3, -0.25) is 43.3 Å². The zero-order valence-corrected chi connectivity index (χ0v) is 38.2. The highest BCUT2D eigenvalue weighted by atomic mass is 16.5. The number of nitrogens with zero attached hydrogens (tertiary/aromatic N) is 6. The van der Waals surface area contributed by atoms with Crippen molar-refractivity contribution in [2.45, 2.75) is 110 Å². The molecule has 1 aliphatic carbocycles. The smallest absolute Gasteiger partial charge is 0.336 e. The van der Waals surface area contributed by atoms with Crippen LogP contribution in [-0.2, 0) is 26.2 Å². The number of hydrogen-bond donors (Lipinski definition) is 4. The van der Waals surface area contributed by atoms with Gasteiger partial charge < -0.3 is 25.1 Å². The van der Waals surface area contributed by atoms with E-state index in [-0.39, 0.29) is 79.6 Å². The summed E-state index contributed by atoms with van der Waals surface area (Å²) >= 11 is 0. The molecule has 66 heavy (non-hydrogen) atoms. The van der Waals surface area contributed by atoms with Gasteiger partial charge in [-0.2, -0.15) is 0 Å². The van der Waals surface area contributed by atoms with Crippen molar-refractivity contribution in [2.75, 3.05) is 13.7 Å². The Balaban J connectivity index is 1.10. The number of aryl methyl sites for hydroxylation is 3. The van der Waals surface area contributed by atoms with Gasteiger partial charge in [0.1, 0.15) is 17.9 Å². The van der Waals surface area contributed by atoms with Crippen molar-refractivity contribution in [3.8, 4) is 0 Å². The molecule has 3 aliphatic rings. The minimum atomic E-state index is -1.29. The first-order valence-electron chi connectivity index (χ1n) is 22.3. The number of aromatic amines is 2. The van der Waals surface area contributed by atoms with Crippen LogP contribution in [0.1, 0.15) is 166 Å². The molecular weight excluding hydrogens is 847 g/mol. The first-order valence-corrected chi connectivity index (χ1v) is 22.3. The van der Waals surface area contributed by atoms with Crippen LogP contribution in [0, 0.1) is 19.8 Å². The number of carboxylic acid groups (broad SMARTS) is 1. The number of esters is 1. The molecular formula is C48H53N9O9. The molecule has 0 saturated heterocycles. The largest absolute Gasteiger partial charge is 0.481 e. The van der Waals surface area contributed by atoms with Crippen LogP contribution in [0.2, 0.25) is 0 Å². The fourth-order valence-electron chi connectivity index (χ4n) is 10.0. The summed E-state index contributed by atoms with van der Waals surface area (Å²) in [6.07, 6.45) is 3.64. The third kappa shape index (κ3) is 7.91. The molecule has 0 spiro atoms. The summed E-state index contributed by atoms with van der Waals surface area (Å²) in [6, 6.07) is 5.81. The Bertz CT molecular complexity index is 3120. The van der Waals surface area contributed by atoms with Gasteiger partial charge in [-0.05, 0) is 75.8 Å². The Morgan fingerprint density at radius 3 is 2.30 bits per heavy atom. The third-order valence-electron chi connectivity index (χ3n) is 13.8. The standard InChI is InChI=1S/C48H53N9O9/c1-9-27-21(2)29-18-34-38(25(6)58)23(4)31(52-34)16-30-22(3)28(42(53-30)40-41(46(64)66-8)44(61)39-24(5)32(54-43(39)40)17-33(27)51-29)12-13-37(60)49-14-10-11-26(45(62)63)15-36(59)35-19-57-47(55-35)50-20-56(7)48(57)65/h16-22,26-28,41,52,54H,9-15H2,1-8H3,(H,49,60)(H,62,63)/t21-,22+,26?,27-,28+,41?/m0/s1. The van der Waals surface area contributed by atoms with E-state index in [1.807, 2.05) is 39.0 Å². The zero-order chi connectivity index (χ0) is 47.5. The average Bonchev–Trinajstić information content (AvgIpc) is 4.11. The van der Waals surface area contributed by atoms with Crippen LogP contribution in [0.5, 0.6) is 0 Å². The number of nitrogens with one attached hydrogen (secondary N) is 3. The second-order valence-electron chi connectivity index (χ2n) is 17.8. The normalized spacial score (nSPS) is 19.3. The molecule has 5 aromatic heterocycles. The number of carbonyl (C=O) groups is 6. The molecule has 18 nitrogen and oxygen atoms in total. The van der Waals surface area contributed by atoms with Gasteiger partial charge in [0.2, 0.25) is 11.7 Å². The number of hydrogen-bond acceptors (Lipinski definition) is 12. The van der Waals surface area contributed by atoms with Gasteiger partial charge in [0.25, 0.3) is 0 Å². The van der Waals surface area contributed by atoms with E-state index in [2.05, 4.69) is 39.1 Å². The fraction of sp³-hybridized carbons (Fsp3) is 0.438. The summed E-state index contributed by atoms with van der Waals surface area (Å²) in [7, 11) is 2.75. The first-order chi connectivity index (χ1) is 31.4. The topological polar surface area (TPSA) is 253 Å². The number of ether oxygens (including phenoxy) is 1. The summed E-state index contributed by atoms with van der Waals surface area (Å²) in [5.74, 6) is -6.23. The van der Waals surface area contributed by atoms with E-state index in [0.717, 1.165) is 27.8 Å². The Morgan fingerprint density at radius 1 is 0.924 bits per heavy atom. The van der Waals surface area contributed by atoms with Crippen LogP contribution in [-0.4, -0.2) is 92.8 Å². The van der Waals surface area contributed by atoms with Crippen LogP contribution >= 0.6 is 0 Å². The summed E-state index contributed by atoms with van der Waals surface area (Å²) in [6.45, 7) is 11.6. The number of carbonyl (C=O) groups excluding carboxylic acids is 5. The van der Waals surface area contributed by atoms with Crippen molar-refractivity contribution < 1.29 is 38.6 Å². The Kier molecular flexibility index (Phi) is 12.2. The van der Waals surface area contributed by atoms with Gasteiger partial charge in [-0.25, -0.2) is 19.2 Å². The second kappa shape index (κ2) is 17.7. The lowest BCUT2D eigenvalue weighted by Gasteiger charge is -2.19. The number of fused-ring (bicyclic) bond motifs is 9. The van der Waals surface area contributed by atoms with Crippen molar-refractivity contribution in [3.05, 3.63) is 97.5 Å². The molecule has 0 fully saturated rings. The number of Topliss-reactive ketones (excluding diaryl/α,β-unsaturated/α-hetero) is 3. The number of H-pyrrole nitrogens is 2. The molecule has 8 bridgehead atoms. The van der Waals surface area contributed by atoms with Crippen LogP contribution in [0.3, 0.4) is 0 Å². The number of aromatic nitrogens is 8. The maximum atomic E-state index is 14.4. The maximum absolute atomic E-state index is 14.4. The van der Waals surface area contributed by atoms with E-state index in [0.29, 0.717) is 55.7 Å². The van der Waals surface area contributed by atoms with Gasteiger partial charge in [0.05, 0.1) is 29.8 Å². The van der Waals surface area contributed by atoms with Gasteiger partial charge >= 0.3 is 17.6 Å². The molecule has 7 heterocycles. The summed E-state index contributed by atoms with van der Waals surface area (Å²) < 4.78 is 7.58. The number of imidazole rings is 1. The van der Waals surface area contributed by atoms with Crippen LogP contribution < -0.4 is 11.0 Å². The molecule has 8 rings (SSSR count). The van der Waals surface area contributed by atoms with E-state index in [1.165, 1.54) is 38.2 Å². The van der Waals surface area contributed by atoms with Gasteiger partial charge in [0, 0.05) is 101 Å². The minimum absolute atomic E-state index is 0.0306. The van der Waals surface area contributed by atoms with Crippen molar-refractivity contribution in [1.29, 1.82) is 0 Å². The lowest BCUT2D eigenvalue weighted by molar-refractivity contribution is -0.142. The first kappa shape index (κ1) is 45.5. The number of carboxylic acids is 1. The highest BCUT2D eigenvalue weighted by Gasteiger charge is 2.45. The van der Waals surface area contributed by atoms with E-state index >= 15 is 0 Å². The zero-order valence-electron chi connectivity index (χ0n) is 38.2. The Hall–Kier alpha value is -7.11. The predicted octanol–water partition coefficient (Wildman–Crippen LogP) is 6.16. The predicted molar refractivity (Wildman–Crippen MR) is 242 cm³/mol. The molecule has 18 heteroatoms. The minimum Gasteiger partial charge on any atom is -0.481 e. The SMILES string of the molecule is CC[C@@H]1c2cc3[nH]c4c(c3C)C(=O)C(C(=O)OC)c4c3nc(cc4[nH]c(cc(n2)[C@H]1C)c(C(C)=O)c4C)[C@H](C)[C@H]3CCC(=O)NCCCC(CC(=O)c1cn2c(=O)n(C)cnc2n1)C(=O)O. The van der Waals surface area contributed by atoms with Crippen molar-refractivity contribution in [2.24, 2.45) is 13.0 Å². The monoisotopic (exact) mass is 899 g/mol. The molecule has 0 saturated carbocycles. The van der Waals surface area contributed by atoms with Crippen LogP contribution in [0.4, 0.5) is 0 Å². The molecule has 0 aromatic carbocycles. The number of rotatable bonds is 14. The van der Waals surface area contributed by atoms with Crippen molar-refractivity contribution in [3.63, 3.8) is 0 Å². The molecule has 4 N–H and O–H groups in total. The Labute approximate surface area is 378 Å². The number of ketones is 3. The van der Waals surface area contributed by atoms with E-state index < -0.39 is 46.9 Å². The highest BCUT2D eigenvalue weighted by Crippen LogP contribution is 2.48. The van der Waals surface area contributed by atoms with E-state index in [9.17, 15) is 38.7 Å². The van der Waals surface area contributed by atoms with Crippen molar-refractivity contribution >= 4 is 63.0 Å². The summed E-state index contributed by atoms with van der Waals surface area (Å²) in [5.41, 5.74) is 7.47. The van der Waals surface area contributed by atoms with Gasteiger partial charge in [-0.15, -0.1) is 0 Å². The molecule has 2 unspecified atom stereocenters. The highest BCUT2D eigenvalue weighted by molar-refractivity contribution is 6.23. The van der Waals surface area contributed by atoms with Crippen LogP contribution in [0.25, 0.3) is 27.8 Å². The Morgan fingerprint density at radius 2 is 1.61 bits per heavy atom. The third-order valence-corrected chi connectivity index (χ3v) is 13.8. The molecule has 6 atom stereocenters. The quantitative estimate of drug-likeness (QED) is 0.0422. The number of methoxy groups -OCH3 is 1. The summed E-state index contributed by atoms with van der Waals surface area (Å²) in [4.78, 5) is 118. The molecule has 5 aromatic rings. The number of amides is 1. The fourth-order valence-corrected chi connectivity index (χ4v) is 10.0. The van der Waals surface area contributed by atoms with Crippen LogP contribution in [0.15, 0.2) is 35.5 Å². The van der Waals surface area contributed by atoms with E-state index in [1.54, 1.807) is 0 Å². The van der Waals surface area contributed by atoms with E-state index in [4.69, 9.17) is 14.7 Å². The maximum Gasteiger partial charge on any atom is 0.336 e. The molecule has 0 radical (unpaired) electrons. The number of aliphatic carboxylic acids is 1. The van der Waals surface area contributed by atoms with Gasteiger partial charge in [-0.1, -0.05) is 20.8 Å². The molecule has 344 valence electrons. The second-order valence-corrected chi connectivity index (χ2v) is 17.8. The van der Waals surface area contributed by atoms with Gasteiger partial charge in [0.15, 0.2) is 17.3 Å². The lowest BCUT2D eigenvalue weighted by Crippen LogP contribution is -2.26. The summed E-state index contributed by atoms with van der Waals surface area (Å²) in [5, 5.41) is 12.8. The molecule has 2 aliphatic heterocycles. The van der Waals surface area contributed by atoms with Crippen molar-refractivity contribution in [1.82, 2.24) is 44.2 Å². The average molecular weight is 900 g/mol.